The van der Waals surface area contributed by atoms with E-state index < -0.39 is 11.7 Å². The molecule has 0 aliphatic carbocycles. The van der Waals surface area contributed by atoms with Crippen molar-refractivity contribution >= 4 is 11.4 Å². The highest BCUT2D eigenvalue weighted by atomic mass is 19.4. The average Bonchev–Trinajstić information content (AvgIpc) is 2.29. The van der Waals surface area contributed by atoms with Crippen molar-refractivity contribution in [3.05, 3.63) is 23.8 Å². The van der Waals surface area contributed by atoms with Gasteiger partial charge >= 0.3 is 6.18 Å². The minimum absolute atomic E-state index is 0.262. The first kappa shape index (κ1) is 14.6. The van der Waals surface area contributed by atoms with Gasteiger partial charge in [-0.3, -0.25) is 0 Å². The van der Waals surface area contributed by atoms with Crippen LogP contribution in [0.3, 0.4) is 0 Å². The molecule has 1 aromatic rings. The number of hydrogen-bond donors (Lipinski definition) is 2. The van der Waals surface area contributed by atoms with Gasteiger partial charge in [-0.1, -0.05) is 0 Å². The number of alkyl halides is 3. The summed E-state index contributed by atoms with van der Waals surface area (Å²) < 4.78 is 42.9. The van der Waals surface area contributed by atoms with Crippen molar-refractivity contribution in [1.29, 1.82) is 0 Å². The van der Waals surface area contributed by atoms with Crippen molar-refractivity contribution in [2.75, 3.05) is 30.8 Å². The van der Waals surface area contributed by atoms with Crippen molar-refractivity contribution < 1.29 is 17.9 Å². The average molecular weight is 262 g/mol. The van der Waals surface area contributed by atoms with E-state index in [0.717, 1.165) is 12.5 Å². The van der Waals surface area contributed by atoms with E-state index in [2.05, 4.69) is 5.32 Å². The number of benzene rings is 1. The van der Waals surface area contributed by atoms with Gasteiger partial charge in [0.1, 0.15) is 0 Å². The Morgan fingerprint density at radius 1 is 1.33 bits per heavy atom. The molecule has 0 amide bonds. The van der Waals surface area contributed by atoms with E-state index in [1.54, 1.807) is 0 Å². The summed E-state index contributed by atoms with van der Waals surface area (Å²) >= 11 is 0. The van der Waals surface area contributed by atoms with Gasteiger partial charge in [0, 0.05) is 31.1 Å². The van der Waals surface area contributed by atoms with Crippen LogP contribution < -0.4 is 11.1 Å². The smallest absolute Gasteiger partial charge is 0.398 e. The zero-order valence-corrected chi connectivity index (χ0v) is 10.2. The molecule has 0 bridgehead atoms. The normalized spacial score (nSPS) is 11.6. The molecule has 0 heterocycles. The highest BCUT2D eigenvalue weighted by Gasteiger charge is 2.33. The summed E-state index contributed by atoms with van der Waals surface area (Å²) in [6.07, 6.45) is -3.69. The molecule has 0 aliphatic heterocycles. The molecule has 18 heavy (non-hydrogen) atoms. The molecule has 1 rings (SSSR count). The first-order valence-corrected chi connectivity index (χ1v) is 5.73. The molecule has 0 aliphatic rings. The fourth-order valence-electron chi connectivity index (χ4n) is 1.46. The lowest BCUT2D eigenvalue weighted by atomic mass is 10.1. The Morgan fingerprint density at radius 3 is 2.67 bits per heavy atom. The van der Waals surface area contributed by atoms with E-state index in [1.165, 1.54) is 12.1 Å². The monoisotopic (exact) mass is 262 g/mol. The number of nitrogens with one attached hydrogen (secondary N) is 1. The Bertz CT molecular complexity index is 380. The topological polar surface area (TPSA) is 47.3 Å². The van der Waals surface area contributed by atoms with Gasteiger partial charge < -0.3 is 15.8 Å². The van der Waals surface area contributed by atoms with Gasteiger partial charge in [0.05, 0.1) is 5.56 Å². The Kier molecular flexibility index (Phi) is 5.27. The number of halogens is 3. The zero-order valence-electron chi connectivity index (χ0n) is 10.2. The van der Waals surface area contributed by atoms with Crippen LogP contribution in [-0.4, -0.2) is 19.8 Å². The molecule has 6 heteroatoms. The molecule has 3 nitrogen and oxygen atoms in total. The lowest BCUT2D eigenvalue weighted by molar-refractivity contribution is -0.136. The predicted octanol–water partition coefficient (Wildman–Crippen LogP) is 3.13. The number of ether oxygens (including phenoxy) is 1. The summed E-state index contributed by atoms with van der Waals surface area (Å²) in [6.45, 7) is 3.68. The minimum Gasteiger partial charge on any atom is -0.398 e. The first-order valence-electron chi connectivity index (χ1n) is 5.73. The van der Waals surface area contributed by atoms with Crippen LogP contribution in [0.25, 0.3) is 0 Å². The SMILES string of the molecule is CCOCCCNc1ccc(N)c(C(F)(F)F)c1. The fourth-order valence-corrected chi connectivity index (χ4v) is 1.46. The molecular formula is C12H17F3N2O. The second-order valence-corrected chi connectivity index (χ2v) is 3.78. The highest BCUT2D eigenvalue weighted by Crippen LogP contribution is 2.35. The van der Waals surface area contributed by atoms with Gasteiger partial charge in [-0.05, 0) is 31.5 Å². The third-order valence-electron chi connectivity index (χ3n) is 2.36. The first-order chi connectivity index (χ1) is 8.45. The van der Waals surface area contributed by atoms with Crippen LogP contribution in [0.15, 0.2) is 18.2 Å². The number of nitrogens with two attached hydrogens (primary N) is 1. The molecule has 3 N–H and O–H groups in total. The summed E-state index contributed by atoms with van der Waals surface area (Å²) in [5.41, 5.74) is 4.64. The second-order valence-electron chi connectivity index (χ2n) is 3.78. The van der Waals surface area contributed by atoms with E-state index in [4.69, 9.17) is 10.5 Å². The van der Waals surface area contributed by atoms with E-state index in [-0.39, 0.29) is 5.69 Å². The molecule has 0 atom stereocenters. The zero-order chi connectivity index (χ0) is 13.6. The van der Waals surface area contributed by atoms with Crippen molar-refractivity contribution in [2.45, 2.75) is 19.5 Å². The van der Waals surface area contributed by atoms with Gasteiger partial charge in [-0.15, -0.1) is 0 Å². The molecule has 0 saturated carbocycles. The molecule has 102 valence electrons. The minimum atomic E-state index is -4.42. The Balaban J connectivity index is 2.57. The number of rotatable bonds is 6. The molecule has 0 saturated heterocycles. The maximum Gasteiger partial charge on any atom is 0.418 e. The molecule has 0 aromatic heterocycles. The van der Waals surface area contributed by atoms with Crippen LogP contribution in [0.1, 0.15) is 18.9 Å². The third-order valence-corrected chi connectivity index (χ3v) is 2.36. The lowest BCUT2D eigenvalue weighted by Gasteiger charge is -2.13. The van der Waals surface area contributed by atoms with Crippen LogP contribution in [0.5, 0.6) is 0 Å². The van der Waals surface area contributed by atoms with Gasteiger partial charge in [-0.25, -0.2) is 0 Å². The second kappa shape index (κ2) is 6.49. The Hall–Kier alpha value is -1.43. The van der Waals surface area contributed by atoms with Gasteiger partial charge in [0.2, 0.25) is 0 Å². The molecule has 0 fully saturated rings. The van der Waals surface area contributed by atoms with Crippen LogP contribution in [0.4, 0.5) is 24.5 Å². The summed E-state index contributed by atoms with van der Waals surface area (Å²) in [7, 11) is 0. The predicted molar refractivity (Wildman–Crippen MR) is 65.5 cm³/mol. The van der Waals surface area contributed by atoms with Crippen LogP contribution in [0, 0.1) is 0 Å². The summed E-state index contributed by atoms with van der Waals surface area (Å²) in [4.78, 5) is 0. The maximum absolute atomic E-state index is 12.6. The van der Waals surface area contributed by atoms with Crippen molar-refractivity contribution in [1.82, 2.24) is 0 Å². The highest BCUT2D eigenvalue weighted by molar-refractivity contribution is 5.58. The maximum atomic E-state index is 12.6. The number of nitrogen functional groups attached to an aromatic ring is 1. The van der Waals surface area contributed by atoms with Gasteiger partial charge in [0.25, 0.3) is 0 Å². The molecule has 0 unspecified atom stereocenters. The van der Waals surface area contributed by atoms with E-state index >= 15 is 0 Å². The molecule has 1 aromatic carbocycles. The van der Waals surface area contributed by atoms with Crippen molar-refractivity contribution in [3.8, 4) is 0 Å². The molecule has 0 radical (unpaired) electrons. The Labute approximate surface area is 104 Å². The quantitative estimate of drug-likeness (QED) is 0.611. The largest absolute Gasteiger partial charge is 0.418 e. The standard InChI is InChI=1S/C12H17F3N2O/c1-2-18-7-3-6-17-9-4-5-11(16)10(8-9)12(13,14)15/h4-5,8,17H,2-3,6-7,16H2,1H3. The van der Waals surface area contributed by atoms with E-state index in [9.17, 15) is 13.2 Å². The number of anilines is 2. The molecule has 0 spiro atoms. The fraction of sp³-hybridized carbons (Fsp3) is 0.500. The van der Waals surface area contributed by atoms with Crippen LogP contribution >= 0.6 is 0 Å². The number of hydrogen-bond acceptors (Lipinski definition) is 3. The van der Waals surface area contributed by atoms with Crippen molar-refractivity contribution in [2.24, 2.45) is 0 Å². The Morgan fingerprint density at radius 2 is 2.06 bits per heavy atom. The molecular weight excluding hydrogens is 245 g/mol. The van der Waals surface area contributed by atoms with Crippen LogP contribution in [0.2, 0.25) is 0 Å². The van der Waals surface area contributed by atoms with Gasteiger partial charge in [-0.2, -0.15) is 13.2 Å². The summed E-state index contributed by atoms with van der Waals surface area (Å²) in [6, 6.07) is 3.81. The van der Waals surface area contributed by atoms with Crippen LogP contribution in [-0.2, 0) is 10.9 Å². The third kappa shape index (κ3) is 4.44. The lowest BCUT2D eigenvalue weighted by Crippen LogP contribution is -2.11. The van der Waals surface area contributed by atoms with Crippen molar-refractivity contribution in [3.63, 3.8) is 0 Å². The summed E-state index contributed by atoms with van der Waals surface area (Å²) in [5.74, 6) is 0. The summed E-state index contributed by atoms with van der Waals surface area (Å²) in [5, 5.41) is 2.91. The van der Waals surface area contributed by atoms with Gasteiger partial charge in [0.15, 0.2) is 0 Å². The van der Waals surface area contributed by atoms with E-state index in [0.29, 0.717) is 25.4 Å². The van der Waals surface area contributed by atoms with E-state index in [1.807, 2.05) is 6.92 Å².